The molecule has 0 bridgehead atoms. The maximum atomic E-state index is 9.30. The molecule has 0 aliphatic rings. The molecule has 0 aliphatic heterocycles. The smallest absolute Gasteiger partial charge is 0.0705 e. The summed E-state index contributed by atoms with van der Waals surface area (Å²) >= 11 is 8.17. The average molecular weight is 312 g/mol. The molecule has 0 spiro atoms. The van der Waals surface area contributed by atoms with Crippen molar-refractivity contribution in [1.82, 2.24) is 0 Å². The summed E-state index contributed by atoms with van der Waals surface area (Å²) in [6.45, 7) is 1.65. The lowest BCUT2D eigenvalue weighted by molar-refractivity contribution is 0.164. The lowest BCUT2D eigenvalue weighted by Crippen LogP contribution is -2.23. The number of aliphatic hydroxyl groups excluding tert-OH is 1. The van der Waals surface area contributed by atoms with Gasteiger partial charge in [-0.15, -0.1) is 0 Å². The van der Waals surface area contributed by atoms with E-state index in [4.69, 9.17) is 17.3 Å². The third-order valence-corrected chi connectivity index (χ3v) is 3.50. The van der Waals surface area contributed by atoms with Crippen LogP contribution in [0.15, 0.2) is 18.2 Å². The fourth-order valence-corrected chi connectivity index (χ4v) is 1.81. The van der Waals surface area contributed by atoms with E-state index in [1.807, 2.05) is 18.2 Å². The molecule has 13 heavy (non-hydrogen) atoms. The van der Waals surface area contributed by atoms with Crippen LogP contribution in [0.4, 0.5) is 0 Å². The summed E-state index contributed by atoms with van der Waals surface area (Å²) in [4.78, 5) is 0. The van der Waals surface area contributed by atoms with E-state index in [0.29, 0.717) is 5.02 Å². The number of hydrogen-bond acceptors (Lipinski definition) is 2. The zero-order valence-electron chi connectivity index (χ0n) is 7.17. The van der Waals surface area contributed by atoms with Crippen LogP contribution in [0.5, 0.6) is 0 Å². The van der Waals surface area contributed by atoms with Gasteiger partial charge in [0.15, 0.2) is 0 Å². The lowest BCUT2D eigenvalue weighted by atomic mass is 10.0. The molecule has 0 saturated carbocycles. The minimum absolute atomic E-state index is 0.415. The summed E-state index contributed by atoms with van der Waals surface area (Å²) < 4.78 is 0.952. The topological polar surface area (TPSA) is 46.2 Å². The maximum Gasteiger partial charge on any atom is 0.0705 e. The van der Waals surface area contributed by atoms with Crippen LogP contribution in [-0.2, 0) is 0 Å². The van der Waals surface area contributed by atoms with Gasteiger partial charge >= 0.3 is 0 Å². The third kappa shape index (κ3) is 2.56. The molecule has 0 heterocycles. The van der Waals surface area contributed by atoms with Crippen molar-refractivity contribution in [3.05, 3.63) is 32.4 Å². The molecule has 1 aromatic rings. The van der Waals surface area contributed by atoms with Crippen molar-refractivity contribution in [3.8, 4) is 0 Å². The molecule has 0 aliphatic carbocycles. The molecule has 3 N–H and O–H groups in total. The van der Waals surface area contributed by atoms with Gasteiger partial charge in [-0.05, 0) is 41.1 Å². The summed E-state index contributed by atoms with van der Waals surface area (Å²) in [5.41, 5.74) is 6.56. The predicted octanol–water partition coefficient (Wildman–Crippen LogP) is 2.33. The Morgan fingerprint density at radius 3 is 2.69 bits per heavy atom. The third-order valence-electron chi connectivity index (χ3n) is 1.86. The van der Waals surface area contributed by atoms with Crippen molar-refractivity contribution < 1.29 is 5.11 Å². The van der Waals surface area contributed by atoms with Crippen LogP contribution in [-0.4, -0.2) is 11.2 Å². The number of hydrogen-bond donors (Lipinski definition) is 2. The van der Waals surface area contributed by atoms with Crippen LogP contribution in [0.2, 0.25) is 5.02 Å². The molecular weight excluding hydrogens is 300 g/mol. The predicted molar refractivity (Wildman–Crippen MR) is 62.8 cm³/mol. The normalized spacial score (nSPS) is 15.5. The van der Waals surface area contributed by atoms with Gasteiger partial charge in [-0.25, -0.2) is 0 Å². The molecular formula is C9H11ClINO. The first-order chi connectivity index (χ1) is 6.04. The van der Waals surface area contributed by atoms with E-state index >= 15 is 0 Å². The van der Waals surface area contributed by atoms with E-state index in [9.17, 15) is 5.11 Å². The fourth-order valence-electron chi connectivity index (χ4n) is 1.04. The number of rotatable bonds is 2. The van der Waals surface area contributed by atoms with Crippen molar-refractivity contribution in [2.45, 2.75) is 19.1 Å². The molecule has 0 amide bonds. The second kappa shape index (κ2) is 4.59. The molecule has 0 fully saturated rings. The fraction of sp³-hybridized carbons (Fsp3) is 0.333. The van der Waals surface area contributed by atoms with Crippen LogP contribution in [0.3, 0.4) is 0 Å². The zero-order valence-corrected chi connectivity index (χ0v) is 10.1. The monoisotopic (exact) mass is 311 g/mol. The van der Waals surface area contributed by atoms with Crippen LogP contribution in [0.25, 0.3) is 0 Å². The molecule has 0 unspecified atom stereocenters. The molecule has 2 nitrogen and oxygen atoms in total. The maximum absolute atomic E-state index is 9.30. The minimum Gasteiger partial charge on any atom is -0.391 e. The summed E-state index contributed by atoms with van der Waals surface area (Å²) in [5.74, 6) is 0. The van der Waals surface area contributed by atoms with E-state index in [-0.39, 0.29) is 0 Å². The number of halogens is 2. The molecule has 72 valence electrons. The van der Waals surface area contributed by atoms with Crippen LogP contribution >= 0.6 is 34.2 Å². The van der Waals surface area contributed by atoms with Crippen LogP contribution < -0.4 is 5.73 Å². The van der Waals surface area contributed by atoms with Crippen molar-refractivity contribution in [3.63, 3.8) is 0 Å². The van der Waals surface area contributed by atoms with Gasteiger partial charge in [0.05, 0.1) is 17.2 Å². The molecule has 0 aromatic heterocycles. The summed E-state index contributed by atoms with van der Waals surface area (Å²) in [6.07, 6.45) is -0.587. The summed E-state index contributed by atoms with van der Waals surface area (Å²) in [6, 6.07) is 5.20. The highest BCUT2D eigenvalue weighted by atomic mass is 127. The van der Waals surface area contributed by atoms with Gasteiger partial charge in [-0.1, -0.05) is 23.7 Å². The van der Waals surface area contributed by atoms with Crippen molar-refractivity contribution in [2.75, 3.05) is 0 Å². The van der Waals surface area contributed by atoms with Gasteiger partial charge in [-0.3, -0.25) is 0 Å². The standard InChI is InChI=1S/C9H11ClINO/c1-5(13)9(12)6-3-2-4-7(11)8(6)10/h2-5,9,13H,12H2,1H3/t5-,9-/m1/s1. The Balaban J connectivity index is 3.07. The van der Waals surface area contributed by atoms with E-state index in [1.54, 1.807) is 6.92 Å². The van der Waals surface area contributed by atoms with Gasteiger partial charge in [-0.2, -0.15) is 0 Å². The minimum atomic E-state index is -0.587. The Morgan fingerprint density at radius 1 is 1.54 bits per heavy atom. The molecule has 2 atom stereocenters. The van der Waals surface area contributed by atoms with Gasteiger partial charge in [0.1, 0.15) is 0 Å². The van der Waals surface area contributed by atoms with Crippen LogP contribution in [0.1, 0.15) is 18.5 Å². The highest BCUT2D eigenvalue weighted by Gasteiger charge is 2.15. The first-order valence-corrected chi connectivity index (χ1v) is 5.37. The number of nitrogens with two attached hydrogens (primary N) is 1. The van der Waals surface area contributed by atoms with E-state index < -0.39 is 12.1 Å². The average Bonchev–Trinajstić information content (AvgIpc) is 2.08. The molecule has 1 aromatic carbocycles. The van der Waals surface area contributed by atoms with Gasteiger partial charge in [0.2, 0.25) is 0 Å². The number of aliphatic hydroxyl groups is 1. The summed E-state index contributed by atoms with van der Waals surface area (Å²) in [7, 11) is 0. The Kier molecular flexibility index (Phi) is 3.97. The van der Waals surface area contributed by atoms with Crippen molar-refractivity contribution in [1.29, 1.82) is 0 Å². The van der Waals surface area contributed by atoms with Gasteiger partial charge in [0, 0.05) is 3.57 Å². The van der Waals surface area contributed by atoms with E-state index in [1.165, 1.54) is 0 Å². The Bertz CT molecular complexity index is 304. The Morgan fingerprint density at radius 2 is 2.15 bits per heavy atom. The highest BCUT2D eigenvalue weighted by molar-refractivity contribution is 14.1. The van der Waals surface area contributed by atoms with Crippen LogP contribution in [0, 0.1) is 3.57 Å². The van der Waals surface area contributed by atoms with Gasteiger partial charge < -0.3 is 10.8 Å². The van der Waals surface area contributed by atoms with Crippen molar-refractivity contribution >= 4 is 34.2 Å². The first-order valence-electron chi connectivity index (χ1n) is 3.91. The molecule has 0 radical (unpaired) electrons. The molecule has 0 saturated heterocycles. The van der Waals surface area contributed by atoms with E-state index in [0.717, 1.165) is 9.13 Å². The Hall–Kier alpha value is 0.160. The molecule has 1 rings (SSSR count). The first kappa shape index (κ1) is 11.2. The van der Waals surface area contributed by atoms with Crippen molar-refractivity contribution in [2.24, 2.45) is 5.73 Å². The summed E-state index contributed by atoms with van der Waals surface area (Å²) in [5, 5.41) is 9.94. The quantitative estimate of drug-likeness (QED) is 0.824. The number of benzene rings is 1. The second-order valence-electron chi connectivity index (χ2n) is 2.91. The largest absolute Gasteiger partial charge is 0.391 e. The molecule has 4 heteroatoms. The highest BCUT2D eigenvalue weighted by Crippen LogP contribution is 2.27. The zero-order chi connectivity index (χ0) is 10.0. The second-order valence-corrected chi connectivity index (χ2v) is 4.45. The van der Waals surface area contributed by atoms with E-state index in [2.05, 4.69) is 22.6 Å². The van der Waals surface area contributed by atoms with Gasteiger partial charge in [0.25, 0.3) is 0 Å². The SMILES string of the molecule is C[C@@H](O)[C@@H](N)c1cccc(I)c1Cl. The Labute approximate surface area is 96.2 Å². The lowest BCUT2D eigenvalue weighted by Gasteiger charge is -2.16.